The van der Waals surface area contributed by atoms with E-state index in [4.69, 9.17) is 0 Å². The molecule has 148 valence electrons. The Kier molecular flexibility index (Phi) is 3.86. The van der Waals surface area contributed by atoms with Gasteiger partial charge in [0.15, 0.2) is 5.65 Å². The van der Waals surface area contributed by atoms with Crippen molar-refractivity contribution in [1.82, 2.24) is 35.1 Å². The van der Waals surface area contributed by atoms with Crippen LogP contribution >= 0.6 is 0 Å². The molecule has 6 aromatic rings. The van der Waals surface area contributed by atoms with Gasteiger partial charge >= 0.3 is 0 Å². The first-order chi connectivity index (χ1) is 15.3. The number of aryl methyl sites for hydroxylation is 1. The molecule has 6 aromatic heterocycles. The number of hydrogen-bond donors (Lipinski definition) is 2. The molecule has 6 heterocycles. The fraction of sp³-hybridized carbons (Fsp3) is 0.0417. The second-order valence-corrected chi connectivity index (χ2v) is 7.42. The maximum absolute atomic E-state index is 4.60. The van der Waals surface area contributed by atoms with E-state index in [-0.39, 0.29) is 0 Å². The Morgan fingerprint density at radius 2 is 1.61 bits per heavy atom. The molecule has 0 aromatic carbocycles. The van der Waals surface area contributed by atoms with Gasteiger partial charge in [-0.3, -0.25) is 20.1 Å². The molecule has 0 radical (unpaired) electrons. The lowest BCUT2D eigenvalue weighted by atomic mass is 10.0. The smallest absolute Gasteiger partial charge is 0.155 e. The standard InChI is InChI=1S/C24H17N7/c1-14-2-6-26-13-19(14)16-10-18-23(30-31-24(18)28-12-16)21-11-17-20(29-21)5-9-27-22(17)15-3-7-25-8-4-15/h2-13,29H,1H3,(H,28,30,31). The van der Waals surface area contributed by atoms with Crippen molar-refractivity contribution in [1.29, 1.82) is 0 Å². The second-order valence-electron chi connectivity index (χ2n) is 7.42. The van der Waals surface area contributed by atoms with Gasteiger partial charge in [0.05, 0.1) is 11.4 Å². The highest BCUT2D eigenvalue weighted by Gasteiger charge is 2.15. The Morgan fingerprint density at radius 3 is 2.48 bits per heavy atom. The summed E-state index contributed by atoms with van der Waals surface area (Å²) in [7, 11) is 0. The van der Waals surface area contributed by atoms with Gasteiger partial charge < -0.3 is 4.98 Å². The average molecular weight is 403 g/mol. The van der Waals surface area contributed by atoms with E-state index in [0.29, 0.717) is 0 Å². The molecule has 7 nitrogen and oxygen atoms in total. The Balaban J connectivity index is 1.52. The number of hydrogen-bond acceptors (Lipinski definition) is 5. The van der Waals surface area contributed by atoms with Gasteiger partial charge in [-0.25, -0.2) is 4.98 Å². The molecule has 0 amide bonds. The van der Waals surface area contributed by atoms with Crippen molar-refractivity contribution in [3.05, 3.63) is 79.1 Å². The molecule has 0 spiro atoms. The summed E-state index contributed by atoms with van der Waals surface area (Å²) in [5, 5.41) is 9.59. The molecular formula is C24H17N7. The molecule has 0 aliphatic rings. The highest BCUT2D eigenvalue weighted by atomic mass is 15.2. The van der Waals surface area contributed by atoms with Crippen molar-refractivity contribution >= 4 is 21.9 Å². The van der Waals surface area contributed by atoms with Gasteiger partial charge in [0.25, 0.3) is 0 Å². The molecular weight excluding hydrogens is 386 g/mol. The zero-order valence-corrected chi connectivity index (χ0v) is 16.7. The molecule has 0 aliphatic carbocycles. The SMILES string of the molecule is Cc1ccncc1-c1cnc2[nH]nc(-c3cc4c(-c5ccncc5)nccc4[nH]3)c2c1. The van der Waals surface area contributed by atoms with Crippen LogP contribution in [0.25, 0.3) is 55.7 Å². The third kappa shape index (κ3) is 2.86. The third-order valence-corrected chi connectivity index (χ3v) is 5.52. The predicted octanol–water partition coefficient (Wildman–Crippen LogP) is 4.93. The van der Waals surface area contributed by atoms with Crippen LogP contribution in [0, 0.1) is 6.92 Å². The molecule has 0 fully saturated rings. The van der Waals surface area contributed by atoms with Crippen LogP contribution in [0.15, 0.2) is 73.6 Å². The largest absolute Gasteiger partial charge is 0.353 e. The first kappa shape index (κ1) is 17.5. The first-order valence-corrected chi connectivity index (χ1v) is 9.91. The molecule has 0 aliphatic heterocycles. The zero-order valence-electron chi connectivity index (χ0n) is 16.7. The molecule has 2 N–H and O–H groups in total. The Labute approximate surface area is 177 Å². The van der Waals surface area contributed by atoms with Crippen molar-refractivity contribution < 1.29 is 0 Å². The molecule has 0 bridgehead atoms. The Hall–Kier alpha value is -4.39. The van der Waals surface area contributed by atoms with Gasteiger partial charge in [-0.15, -0.1) is 0 Å². The average Bonchev–Trinajstić information content (AvgIpc) is 3.43. The lowest BCUT2D eigenvalue weighted by Gasteiger charge is -2.04. The number of nitrogens with zero attached hydrogens (tertiary/aromatic N) is 5. The zero-order chi connectivity index (χ0) is 20.8. The van der Waals surface area contributed by atoms with E-state index in [1.807, 2.05) is 42.9 Å². The van der Waals surface area contributed by atoms with Gasteiger partial charge in [0, 0.05) is 70.2 Å². The number of H-pyrrole nitrogens is 2. The minimum Gasteiger partial charge on any atom is -0.353 e. The van der Waals surface area contributed by atoms with E-state index in [1.54, 1.807) is 18.6 Å². The molecule has 6 rings (SSSR count). The lowest BCUT2D eigenvalue weighted by Crippen LogP contribution is -1.87. The monoisotopic (exact) mass is 403 g/mol. The van der Waals surface area contributed by atoms with E-state index < -0.39 is 0 Å². The van der Waals surface area contributed by atoms with Gasteiger partial charge in [-0.2, -0.15) is 5.10 Å². The van der Waals surface area contributed by atoms with E-state index >= 15 is 0 Å². The number of aromatic amines is 2. The minimum absolute atomic E-state index is 0.742. The van der Waals surface area contributed by atoms with Crippen LogP contribution in [-0.4, -0.2) is 35.1 Å². The quantitative estimate of drug-likeness (QED) is 0.437. The van der Waals surface area contributed by atoms with Crippen LogP contribution in [0.4, 0.5) is 0 Å². The molecule has 0 unspecified atom stereocenters. The molecule has 0 atom stereocenters. The summed E-state index contributed by atoms with van der Waals surface area (Å²) in [6.07, 6.45) is 10.9. The van der Waals surface area contributed by atoms with Crippen molar-refractivity contribution in [3.8, 4) is 33.8 Å². The summed E-state index contributed by atoms with van der Waals surface area (Å²) < 4.78 is 0. The second kappa shape index (κ2) is 6.84. The summed E-state index contributed by atoms with van der Waals surface area (Å²) in [5.41, 5.74) is 8.63. The normalized spacial score (nSPS) is 11.4. The third-order valence-electron chi connectivity index (χ3n) is 5.52. The minimum atomic E-state index is 0.742. The van der Waals surface area contributed by atoms with E-state index in [1.165, 1.54) is 0 Å². The van der Waals surface area contributed by atoms with Crippen molar-refractivity contribution in [2.75, 3.05) is 0 Å². The summed E-state index contributed by atoms with van der Waals surface area (Å²) >= 11 is 0. The number of pyridine rings is 4. The van der Waals surface area contributed by atoms with Crippen LogP contribution in [-0.2, 0) is 0 Å². The van der Waals surface area contributed by atoms with E-state index in [2.05, 4.69) is 54.2 Å². The fourth-order valence-electron chi connectivity index (χ4n) is 3.94. The maximum atomic E-state index is 4.60. The summed E-state index contributed by atoms with van der Waals surface area (Å²) in [4.78, 5) is 21.1. The molecule has 7 heteroatoms. The molecule has 0 saturated heterocycles. The van der Waals surface area contributed by atoms with Crippen LogP contribution in [0.2, 0.25) is 0 Å². The Morgan fingerprint density at radius 1 is 0.742 bits per heavy atom. The van der Waals surface area contributed by atoms with E-state index in [0.717, 1.165) is 61.3 Å². The van der Waals surface area contributed by atoms with Crippen LogP contribution in [0.1, 0.15) is 5.56 Å². The van der Waals surface area contributed by atoms with Gasteiger partial charge in [0.1, 0.15) is 5.69 Å². The van der Waals surface area contributed by atoms with Gasteiger partial charge in [-0.1, -0.05) is 0 Å². The van der Waals surface area contributed by atoms with Crippen LogP contribution < -0.4 is 0 Å². The number of rotatable bonds is 3. The van der Waals surface area contributed by atoms with Gasteiger partial charge in [0.2, 0.25) is 0 Å². The summed E-state index contributed by atoms with van der Waals surface area (Å²) in [6, 6.07) is 12.1. The van der Waals surface area contributed by atoms with Crippen LogP contribution in [0.3, 0.4) is 0 Å². The summed E-state index contributed by atoms with van der Waals surface area (Å²) in [5.74, 6) is 0. The van der Waals surface area contributed by atoms with Gasteiger partial charge in [-0.05, 0) is 48.9 Å². The fourth-order valence-corrected chi connectivity index (χ4v) is 3.94. The van der Waals surface area contributed by atoms with E-state index in [9.17, 15) is 0 Å². The van der Waals surface area contributed by atoms with Crippen LogP contribution in [0.5, 0.6) is 0 Å². The maximum Gasteiger partial charge on any atom is 0.155 e. The highest BCUT2D eigenvalue weighted by Crippen LogP contribution is 2.33. The van der Waals surface area contributed by atoms with Crippen molar-refractivity contribution in [2.24, 2.45) is 0 Å². The summed E-state index contributed by atoms with van der Waals surface area (Å²) in [6.45, 7) is 2.07. The lowest BCUT2D eigenvalue weighted by molar-refractivity contribution is 1.10. The Bertz CT molecular complexity index is 1550. The number of aromatic nitrogens is 7. The van der Waals surface area contributed by atoms with Crippen molar-refractivity contribution in [3.63, 3.8) is 0 Å². The number of fused-ring (bicyclic) bond motifs is 2. The highest BCUT2D eigenvalue weighted by molar-refractivity contribution is 5.99. The molecule has 31 heavy (non-hydrogen) atoms. The van der Waals surface area contributed by atoms with Crippen molar-refractivity contribution in [2.45, 2.75) is 6.92 Å². The first-order valence-electron chi connectivity index (χ1n) is 9.91. The topological polar surface area (TPSA) is 96.0 Å². The number of nitrogens with one attached hydrogen (secondary N) is 2. The predicted molar refractivity (Wildman–Crippen MR) is 120 cm³/mol. The molecule has 0 saturated carbocycles.